The summed E-state index contributed by atoms with van der Waals surface area (Å²) in [5, 5.41) is 9.32. The van der Waals surface area contributed by atoms with Crippen LogP contribution in [0.1, 0.15) is 21.5 Å². The van der Waals surface area contributed by atoms with Crippen molar-refractivity contribution in [2.24, 2.45) is 0 Å². The lowest BCUT2D eigenvalue weighted by Crippen LogP contribution is -2.41. The third-order valence-corrected chi connectivity index (χ3v) is 4.43. The predicted octanol–water partition coefficient (Wildman–Crippen LogP) is 1.63. The lowest BCUT2D eigenvalue weighted by Gasteiger charge is -2.11. The number of phenolic OH excluding ortho intramolecular Hbond substituents is 1. The van der Waals surface area contributed by atoms with Gasteiger partial charge in [0, 0.05) is 5.56 Å². The van der Waals surface area contributed by atoms with Crippen LogP contribution in [-0.4, -0.2) is 19.4 Å². The van der Waals surface area contributed by atoms with Crippen molar-refractivity contribution in [2.75, 3.05) is 0 Å². The monoisotopic (exact) mass is 320 g/mol. The Bertz CT molecular complexity index is 816. The standard InChI is InChI=1S/C15H16N2O4S/c1-10-6-7-11(2)14(8-10)22(20,21)17-16-15(19)12-4-3-5-13(18)9-12/h3-9,17-18H,1-2H3,(H,16,19). The molecule has 1 amide bonds. The third kappa shape index (κ3) is 3.63. The van der Waals surface area contributed by atoms with Crippen molar-refractivity contribution in [1.82, 2.24) is 10.3 Å². The first kappa shape index (κ1) is 16.0. The number of sulfonamides is 1. The number of carbonyl (C=O) groups is 1. The molecule has 0 bridgehead atoms. The smallest absolute Gasteiger partial charge is 0.266 e. The molecular formula is C15H16N2O4S. The van der Waals surface area contributed by atoms with E-state index >= 15 is 0 Å². The first-order valence-corrected chi connectivity index (χ1v) is 7.96. The van der Waals surface area contributed by atoms with E-state index in [9.17, 15) is 18.3 Å². The molecule has 22 heavy (non-hydrogen) atoms. The zero-order chi connectivity index (χ0) is 16.3. The van der Waals surface area contributed by atoms with E-state index < -0.39 is 15.9 Å². The summed E-state index contributed by atoms with van der Waals surface area (Å²) in [5.74, 6) is -0.741. The van der Waals surface area contributed by atoms with E-state index in [1.54, 1.807) is 26.0 Å². The molecule has 0 fully saturated rings. The van der Waals surface area contributed by atoms with Crippen LogP contribution in [0.4, 0.5) is 0 Å². The van der Waals surface area contributed by atoms with Crippen LogP contribution in [0.25, 0.3) is 0 Å². The minimum Gasteiger partial charge on any atom is -0.508 e. The number of hydrogen-bond acceptors (Lipinski definition) is 4. The Morgan fingerprint density at radius 1 is 1.09 bits per heavy atom. The van der Waals surface area contributed by atoms with Gasteiger partial charge in [-0.25, -0.2) is 8.42 Å². The molecule has 0 heterocycles. The number of hydrazine groups is 1. The third-order valence-electron chi connectivity index (χ3n) is 3.04. The molecule has 0 aromatic heterocycles. The summed E-state index contributed by atoms with van der Waals surface area (Å²) < 4.78 is 24.5. The summed E-state index contributed by atoms with van der Waals surface area (Å²) in [4.78, 5) is 14.0. The van der Waals surface area contributed by atoms with Gasteiger partial charge >= 0.3 is 0 Å². The van der Waals surface area contributed by atoms with Gasteiger partial charge in [0.1, 0.15) is 5.75 Å². The fourth-order valence-corrected chi connectivity index (χ4v) is 3.05. The molecule has 0 atom stereocenters. The van der Waals surface area contributed by atoms with Gasteiger partial charge in [-0.2, -0.15) is 0 Å². The predicted molar refractivity (Wildman–Crippen MR) is 81.8 cm³/mol. The van der Waals surface area contributed by atoms with Gasteiger partial charge in [0.2, 0.25) is 0 Å². The van der Waals surface area contributed by atoms with Crippen molar-refractivity contribution in [2.45, 2.75) is 18.7 Å². The van der Waals surface area contributed by atoms with Crippen molar-refractivity contribution in [1.29, 1.82) is 0 Å². The molecule has 6 nitrogen and oxygen atoms in total. The average Bonchev–Trinajstić information content (AvgIpc) is 2.47. The number of aryl methyl sites for hydroxylation is 2. The van der Waals surface area contributed by atoms with E-state index in [1.807, 2.05) is 0 Å². The lowest BCUT2D eigenvalue weighted by molar-refractivity contribution is 0.0944. The van der Waals surface area contributed by atoms with E-state index in [-0.39, 0.29) is 16.2 Å². The maximum absolute atomic E-state index is 12.2. The maximum atomic E-state index is 12.2. The number of phenols is 1. The van der Waals surface area contributed by atoms with Crippen molar-refractivity contribution in [3.8, 4) is 5.75 Å². The number of hydrogen-bond donors (Lipinski definition) is 3. The van der Waals surface area contributed by atoms with Crippen molar-refractivity contribution < 1.29 is 18.3 Å². The lowest BCUT2D eigenvalue weighted by atomic mass is 10.2. The number of amides is 1. The Morgan fingerprint density at radius 2 is 1.82 bits per heavy atom. The number of nitrogens with one attached hydrogen (secondary N) is 2. The highest BCUT2D eigenvalue weighted by atomic mass is 32.2. The van der Waals surface area contributed by atoms with Gasteiger partial charge in [0.05, 0.1) is 4.90 Å². The Hall–Kier alpha value is -2.38. The Morgan fingerprint density at radius 3 is 2.50 bits per heavy atom. The second-order valence-corrected chi connectivity index (χ2v) is 6.53. The maximum Gasteiger partial charge on any atom is 0.266 e. The van der Waals surface area contributed by atoms with E-state index in [1.165, 1.54) is 30.3 Å². The number of carbonyl (C=O) groups excluding carboxylic acids is 1. The highest BCUT2D eigenvalue weighted by molar-refractivity contribution is 7.89. The van der Waals surface area contributed by atoms with Gasteiger partial charge in [-0.15, -0.1) is 4.83 Å². The summed E-state index contributed by atoms with van der Waals surface area (Å²) in [7, 11) is -3.87. The summed E-state index contributed by atoms with van der Waals surface area (Å²) in [6, 6.07) is 10.6. The molecule has 3 N–H and O–H groups in total. The second-order valence-electron chi connectivity index (χ2n) is 4.88. The van der Waals surface area contributed by atoms with Gasteiger partial charge in [0.15, 0.2) is 0 Å². The fraction of sp³-hybridized carbons (Fsp3) is 0.133. The summed E-state index contributed by atoms with van der Waals surface area (Å²) in [6.07, 6.45) is 0. The van der Waals surface area contributed by atoms with Gasteiger partial charge in [-0.3, -0.25) is 10.2 Å². The zero-order valence-corrected chi connectivity index (χ0v) is 12.9. The molecule has 0 saturated heterocycles. The van der Waals surface area contributed by atoms with Gasteiger partial charge in [-0.05, 0) is 49.2 Å². The second kappa shape index (κ2) is 6.17. The molecule has 0 unspecified atom stereocenters. The van der Waals surface area contributed by atoms with Crippen LogP contribution in [-0.2, 0) is 10.0 Å². The van der Waals surface area contributed by atoms with Crippen LogP contribution in [0.15, 0.2) is 47.4 Å². The molecule has 116 valence electrons. The van der Waals surface area contributed by atoms with Crippen LogP contribution in [0, 0.1) is 13.8 Å². The minimum absolute atomic E-state index is 0.0787. The topological polar surface area (TPSA) is 95.5 Å². The largest absolute Gasteiger partial charge is 0.508 e. The molecule has 0 saturated carbocycles. The van der Waals surface area contributed by atoms with E-state index in [0.717, 1.165) is 5.56 Å². The van der Waals surface area contributed by atoms with Gasteiger partial charge < -0.3 is 5.11 Å². The molecule has 0 spiro atoms. The summed E-state index contributed by atoms with van der Waals surface area (Å²) in [5.41, 5.74) is 3.64. The zero-order valence-electron chi connectivity index (χ0n) is 12.1. The molecule has 7 heteroatoms. The fourth-order valence-electron chi connectivity index (χ4n) is 1.88. The minimum atomic E-state index is -3.87. The molecule has 0 aliphatic rings. The van der Waals surface area contributed by atoms with E-state index in [2.05, 4.69) is 10.3 Å². The molecule has 0 aliphatic carbocycles. The van der Waals surface area contributed by atoms with Crippen LogP contribution in [0.3, 0.4) is 0 Å². The molecule has 2 aromatic carbocycles. The normalized spacial score (nSPS) is 11.2. The van der Waals surface area contributed by atoms with Crippen LogP contribution < -0.4 is 10.3 Å². The van der Waals surface area contributed by atoms with Crippen molar-refractivity contribution >= 4 is 15.9 Å². The van der Waals surface area contributed by atoms with Crippen LogP contribution >= 0.6 is 0 Å². The Balaban J connectivity index is 2.16. The average molecular weight is 320 g/mol. The van der Waals surface area contributed by atoms with Gasteiger partial charge in [-0.1, -0.05) is 18.2 Å². The quantitative estimate of drug-likeness (QED) is 0.746. The van der Waals surface area contributed by atoms with E-state index in [4.69, 9.17) is 0 Å². The molecule has 2 rings (SSSR count). The molecule has 0 radical (unpaired) electrons. The van der Waals surface area contributed by atoms with Crippen LogP contribution in [0.2, 0.25) is 0 Å². The SMILES string of the molecule is Cc1ccc(C)c(S(=O)(=O)NNC(=O)c2cccc(O)c2)c1. The molecular weight excluding hydrogens is 304 g/mol. The number of aromatic hydroxyl groups is 1. The Kier molecular flexibility index (Phi) is 4.48. The molecule has 0 aliphatic heterocycles. The summed E-state index contributed by atoms with van der Waals surface area (Å²) >= 11 is 0. The molecule has 2 aromatic rings. The highest BCUT2D eigenvalue weighted by Crippen LogP contribution is 2.16. The first-order valence-electron chi connectivity index (χ1n) is 6.48. The van der Waals surface area contributed by atoms with E-state index in [0.29, 0.717) is 5.56 Å². The highest BCUT2D eigenvalue weighted by Gasteiger charge is 2.18. The number of rotatable bonds is 4. The summed E-state index contributed by atoms with van der Waals surface area (Å²) in [6.45, 7) is 3.45. The van der Waals surface area contributed by atoms with Crippen LogP contribution in [0.5, 0.6) is 5.75 Å². The van der Waals surface area contributed by atoms with Crippen molar-refractivity contribution in [3.63, 3.8) is 0 Å². The number of benzene rings is 2. The van der Waals surface area contributed by atoms with Gasteiger partial charge in [0.25, 0.3) is 15.9 Å². The Labute approximate surface area is 128 Å². The van der Waals surface area contributed by atoms with Crippen molar-refractivity contribution in [3.05, 3.63) is 59.2 Å². The first-order chi connectivity index (χ1) is 10.3.